The lowest BCUT2D eigenvalue weighted by molar-refractivity contribution is 0.893. The van der Waals surface area contributed by atoms with Gasteiger partial charge in [0.25, 0.3) is 13.4 Å². The maximum absolute atomic E-state index is 5.60. The van der Waals surface area contributed by atoms with Crippen molar-refractivity contribution in [3.8, 4) is 78.9 Å². The van der Waals surface area contributed by atoms with Gasteiger partial charge in [0.15, 0.2) is 0 Å². The van der Waals surface area contributed by atoms with Gasteiger partial charge in [-0.05, 0) is 68.2 Å². The summed E-state index contributed by atoms with van der Waals surface area (Å²) in [4.78, 5) is 0. The lowest BCUT2D eigenvalue weighted by Gasteiger charge is -2.33. The number of fused-ring (bicyclic) bond motifs is 8. The summed E-state index contributed by atoms with van der Waals surface area (Å²) < 4.78 is 8.93. The first-order chi connectivity index (χ1) is 36.7. The number of hydrogen-bond donors (Lipinski definition) is 0. The highest BCUT2D eigenvalue weighted by molar-refractivity contribution is 7.01. The Kier molecular flexibility index (Phi) is 7.36. The van der Waals surface area contributed by atoms with Crippen LogP contribution in [-0.4, -0.2) is 52.5 Å². The Morgan fingerprint density at radius 3 is 0.730 bits per heavy atom. The Hall–Kier alpha value is -9.79. The first kappa shape index (κ1) is 38.9. The molecule has 4 aliphatic heterocycles. The van der Waals surface area contributed by atoms with Crippen LogP contribution in [0.15, 0.2) is 218 Å². The molecule has 74 heavy (non-hydrogen) atoms. The van der Waals surface area contributed by atoms with Crippen molar-refractivity contribution in [1.82, 2.24) is 39.1 Å². The molecule has 0 N–H and O–H groups in total. The van der Waals surface area contributed by atoms with Crippen LogP contribution >= 0.6 is 0 Å². The second-order valence-corrected chi connectivity index (χ2v) is 20.2. The van der Waals surface area contributed by atoms with Crippen molar-refractivity contribution in [2.24, 2.45) is 0 Å². The van der Waals surface area contributed by atoms with Crippen LogP contribution in [0.5, 0.6) is 0 Å². The van der Waals surface area contributed by atoms with Gasteiger partial charge in [0, 0.05) is 43.8 Å². The highest BCUT2D eigenvalue weighted by Gasteiger charge is 2.44. The van der Waals surface area contributed by atoms with E-state index >= 15 is 0 Å². The Balaban J connectivity index is 0.969. The molecule has 0 fully saturated rings. The van der Waals surface area contributed by atoms with Crippen LogP contribution in [0.3, 0.4) is 0 Å². The minimum atomic E-state index is -0.0527. The van der Waals surface area contributed by atoms with Crippen molar-refractivity contribution in [2.75, 3.05) is 0 Å². The van der Waals surface area contributed by atoms with Crippen LogP contribution in [0.1, 0.15) is 0 Å². The average Bonchev–Trinajstić information content (AvgIpc) is 4.29. The molecular weight excluding hydrogens is 902 g/mol. The van der Waals surface area contributed by atoms with E-state index in [1.165, 1.54) is 32.8 Å². The maximum Gasteiger partial charge on any atom is 0.252 e. The molecule has 0 saturated heterocycles. The molecule has 10 aromatic carbocycles. The summed E-state index contributed by atoms with van der Waals surface area (Å²) in [5.41, 5.74) is 26.5. The van der Waals surface area contributed by atoms with Gasteiger partial charge in [-0.1, -0.05) is 194 Å². The molecule has 4 aromatic heterocycles. The first-order valence-electron chi connectivity index (χ1n) is 25.4. The second kappa shape index (κ2) is 14.0. The van der Waals surface area contributed by atoms with Crippen molar-refractivity contribution >= 4 is 89.8 Å². The molecule has 338 valence electrons. The molecule has 18 rings (SSSR count). The Labute approximate surface area is 424 Å². The van der Waals surface area contributed by atoms with Gasteiger partial charge in [-0.3, -0.25) is 0 Å². The number of aromatic nitrogens is 8. The van der Waals surface area contributed by atoms with Gasteiger partial charge in [0.2, 0.25) is 0 Å². The van der Waals surface area contributed by atoms with Gasteiger partial charge in [-0.2, -0.15) is 20.4 Å². The summed E-state index contributed by atoms with van der Waals surface area (Å²) >= 11 is 0. The molecule has 0 atom stereocenters. The van der Waals surface area contributed by atoms with E-state index in [-0.39, 0.29) is 13.4 Å². The highest BCUT2D eigenvalue weighted by atomic mass is 15.3. The van der Waals surface area contributed by atoms with Gasteiger partial charge in [-0.25, -0.2) is 18.7 Å². The van der Waals surface area contributed by atoms with E-state index in [1.54, 1.807) is 0 Å². The molecule has 0 spiro atoms. The molecule has 0 radical (unpaired) electrons. The summed E-state index contributed by atoms with van der Waals surface area (Å²) in [5, 5.41) is 27.0. The van der Waals surface area contributed by atoms with E-state index < -0.39 is 0 Å². The van der Waals surface area contributed by atoms with E-state index in [2.05, 4.69) is 237 Å². The highest BCUT2D eigenvalue weighted by Crippen LogP contribution is 2.42. The first-order valence-corrected chi connectivity index (χ1v) is 25.4. The van der Waals surface area contributed by atoms with E-state index in [0.29, 0.717) is 0 Å². The standard InChI is InChI=1S/C64H36B2N8/c1-5-17-37(18-6-1)57-43-25-13-29-47-61(43)71(67-57)51-33-41(34-52-55(51)65(47)48-30-14-26-44-58(68-72(52)62(44)48)38-19-7-2-8-20-38)42-35-53-56-54(36-42)74-64-46(60(70-74)40-23-11-4-12-24-40)28-16-32-50(64)66(56)49-31-15-27-45-59(69-73(53)63(45)49)39-21-9-3-10-22-39/h1-36H. The van der Waals surface area contributed by atoms with Crippen molar-refractivity contribution < 1.29 is 0 Å². The molecule has 0 amide bonds. The quantitative estimate of drug-likeness (QED) is 0.161. The van der Waals surface area contributed by atoms with E-state index in [0.717, 1.165) is 123 Å². The molecule has 4 aliphatic rings. The molecular formula is C64H36B2N8. The minimum Gasteiger partial charge on any atom is -0.233 e. The molecule has 14 aromatic rings. The Morgan fingerprint density at radius 2 is 0.486 bits per heavy atom. The van der Waals surface area contributed by atoms with Crippen LogP contribution in [0, 0.1) is 0 Å². The third-order valence-electron chi connectivity index (χ3n) is 16.5. The second-order valence-electron chi connectivity index (χ2n) is 20.2. The van der Waals surface area contributed by atoms with Gasteiger partial charge in [-0.15, -0.1) is 0 Å². The Morgan fingerprint density at radius 1 is 0.243 bits per heavy atom. The smallest absolute Gasteiger partial charge is 0.233 e. The van der Waals surface area contributed by atoms with Crippen LogP contribution in [0.4, 0.5) is 0 Å². The number of nitrogens with zero attached hydrogens (tertiary/aromatic N) is 8. The summed E-state index contributed by atoms with van der Waals surface area (Å²) in [5.74, 6) is 0. The van der Waals surface area contributed by atoms with Crippen LogP contribution in [-0.2, 0) is 0 Å². The fraction of sp³-hybridized carbons (Fsp3) is 0. The molecule has 8 heterocycles. The van der Waals surface area contributed by atoms with Crippen molar-refractivity contribution in [3.05, 3.63) is 218 Å². The van der Waals surface area contributed by atoms with Crippen molar-refractivity contribution in [1.29, 1.82) is 0 Å². The van der Waals surface area contributed by atoms with Crippen LogP contribution in [0.25, 0.3) is 123 Å². The van der Waals surface area contributed by atoms with E-state index in [1.807, 2.05) is 0 Å². The molecule has 0 unspecified atom stereocenters. The molecule has 0 aliphatic carbocycles. The minimum absolute atomic E-state index is 0.0527. The van der Waals surface area contributed by atoms with Crippen LogP contribution in [0.2, 0.25) is 0 Å². The SMILES string of the molecule is c1ccc(-c2nn3c4c(cccc24)B2c4c-3cc(-c3cc5c6c(c3)-n3nc(-c7ccccc7)c7cccc(c73)B6c3cccc6c(-c7ccccc7)nn-5c36)cc4-n3nc(-c4ccccc4)c4cccc2c43)cc1. The van der Waals surface area contributed by atoms with Crippen LogP contribution < -0.4 is 32.8 Å². The van der Waals surface area contributed by atoms with E-state index in [9.17, 15) is 0 Å². The predicted octanol–water partition coefficient (Wildman–Crippen LogP) is 9.66. The molecule has 8 nitrogen and oxygen atoms in total. The van der Waals surface area contributed by atoms with Crippen molar-refractivity contribution in [2.45, 2.75) is 0 Å². The van der Waals surface area contributed by atoms with Crippen molar-refractivity contribution in [3.63, 3.8) is 0 Å². The fourth-order valence-corrected chi connectivity index (χ4v) is 13.5. The third-order valence-corrected chi connectivity index (χ3v) is 16.5. The fourth-order valence-electron chi connectivity index (χ4n) is 13.5. The van der Waals surface area contributed by atoms with Gasteiger partial charge >= 0.3 is 0 Å². The maximum atomic E-state index is 5.60. The lowest BCUT2D eigenvalue weighted by atomic mass is 9.34. The number of benzene rings is 10. The zero-order valence-corrected chi connectivity index (χ0v) is 39.5. The molecule has 0 saturated carbocycles. The monoisotopic (exact) mass is 938 g/mol. The van der Waals surface area contributed by atoms with Gasteiger partial charge in [0.1, 0.15) is 22.8 Å². The van der Waals surface area contributed by atoms with Gasteiger partial charge in [0.05, 0.1) is 44.8 Å². The zero-order chi connectivity index (χ0) is 47.9. The predicted molar refractivity (Wildman–Crippen MR) is 301 cm³/mol. The summed E-state index contributed by atoms with van der Waals surface area (Å²) in [6.07, 6.45) is 0. The Bertz CT molecular complexity index is 4190. The van der Waals surface area contributed by atoms with Gasteiger partial charge < -0.3 is 0 Å². The lowest BCUT2D eigenvalue weighted by Crippen LogP contribution is -2.59. The summed E-state index contributed by atoms with van der Waals surface area (Å²) in [6, 6.07) is 79.1. The largest absolute Gasteiger partial charge is 0.252 e. The average molecular weight is 939 g/mol. The number of para-hydroxylation sites is 4. The summed E-state index contributed by atoms with van der Waals surface area (Å²) in [6.45, 7) is -0.105. The third kappa shape index (κ3) is 4.90. The summed E-state index contributed by atoms with van der Waals surface area (Å²) in [7, 11) is 0. The number of hydrogen-bond acceptors (Lipinski definition) is 4. The topological polar surface area (TPSA) is 71.3 Å². The molecule has 0 bridgehead atoms. The zero-order valence-electron chi connectivity index (χ0n) is 39.5. The molecule has 10 heteroatoms. The normalized spacial score (nSPS) is 13.1. The number of rotatable bonds is 5. The van der Waals surface area contributed by atoms with E-state index in [4.69, 9.17) is 20.4 Å².